The summed E-state index contributed by atoms with van der Waals surface area (Å²) in [6.07, 6.45) is 43.0. The third-order valence-corrected chi connectivity index (χ3v) is 10.4. The van der Waals surface area contributed by atoms with Gasteiger partial charge in [-0.1, -0.05) is 137 Å². The predicted octanol–water partition coefficient (Wildman–Crippen LogP) is 9.62. The molecule has 0 aromatic heterocycles. The van der Waals surface area contributed by atoms with E-state index in [2.05, 4.69) is 67.0 Å². The van der Waals surface area contributed by atoms with Crippen molar-refractivity contribution in [3.8, 4) is 0 Å². The molecular weight excluding hydrogens is 799 g/mol. The Kier molecular flexibility index (Phi) is 33.8. The number of carbonyl (C=O) groups is 3. The van der Waals surface area contributed by atoms with E-state index in [0.29, 0.717) is 32.1 Å². The second kappa shape index (κ2) is 37.1. The van der Waals surface area contributed by atoms with Crippen molar-refractivity contribution in [2.24, 2.45) is 11.8 Å². The lowest BCUT2D eigenvalue weighted by Crippen LogP contribution is -2.29. The Morgan fingerprint density at radius 1 is 0.721 bits per heavy atom. The van der Waals surface area contributed by atoms with Gasteiger partial charge in [0, 0.05) is 18.8 Å². The quantitative estimate of drug-likeness (QED) is 0.0201. The van der Waals surface area contributed by atoms with Crippen LogP contribution in [0.2, 0.25) is 0 Å². The van der Waals surface area contributed by atoms with E-state index in [4.69, 9.17) is 19.1 Å². The molecule has 0 saturated heterocycles. The molecule has 12 nitrogen and oxygen atoms in total. The molecule has 0 heterocycles. The van der Waals surface area contributed by atoms with Crippen molar-refractivity contribution in [3.63, 3.8) is 0 Å². The highest BCUT2D eigenvalue weighted by atomic mass is 31.2. The summed E-state index contributed by atoms with van der Waals surface area (Å²) in [6.45, 7) is 1.91. The summed E-state index contributed by atoms with van der Waals surface area (Å²) in [6, 6.07) is 0. The monoisotopic (exact) mass is 874 g/mol. The van der Waals surface area contributed by atoms with Gasteiger partial charge in [0.05, 0.1) is 25.9 Å². The zero-order valence-electron chi connectivity index (χ0n) is 36.7. The zero-order valence-corrected chi connectivity index (χ0v) is 37.6. The number of phosphoric ester groups is 1. The van der Waals surface area contributed by atoms with Crippen molar-refractivity contribution in [2.45, 2.75) is 148 Å². The zero-order chi connectivity index (χ0) is 44.8. The first-order valence-electron chi connectivity index (χ1n) is 22.2. The molecule has 1 unspecified atom stereocenters. The molecule has 1 aliphatic rings. The Morgan fingerprint density at radius 2 is 1.30 bits per heavy atom. The van der Waals surface area contributed by atoms with E-state index in [1.54, 1.807) is 18.2 Å². The number of aliphatic hydroxyl groups excluding tert-OH is 3. The number of phosphoric acid groups is 1. The maximum Gasteiger partial charge on any atom is 0.472 e. The van der Waals surface area contributed by atoms with Crippen molar-refractivity contribution in [3.05, 3.63) is 97.2 Å². The van der Waals surface area contributed by atoms with E-state index in [-0.39, 0.29) is 30.5 Å². The number of rotatable bonds is 37. The number of carbonyl (C=O) groups excluding carboxylic acids is 3. The molecule has 0 aliphatic heterocycles. The summed E-state index contributed by atoms with van der Waals surface area (Å²) in [5, 5.41) is 28.6. The Hall–Kier alpha value is -3.48. The van der Waals surface area contributed by atoms with Gasteiger partial charge < -0.3 is 29.7 Å². The molecule has 0 radical (unpaired) electrons. The van der Waals surface area contributed by atoms with Crippen molar-refractivity contribution < 1.29 is 57.7 Å². The van der Waals surface area contributed by atoms with Gasteiger partial charge >= 0.3 is 19.8 Å². The van der Waals surface area contributed by atoms with Gasteiger partial charge in [0.15, 0.2) is 11.9 Å². The number of aliphatic hydroxyl groups is 3. The van der Waals surface area contributed by atoms with E-state index in [1.165, 1.54) is 19.3 Å². The highest BCUT2D eigenvalue weighted by Crippen LogP contribution is 2.43. The molecule has 0 bridgehead atoms. The Bertz CT molecular complexity index is 1480. The normalized spacial score (nSPS) is 18.6. The van der Waals surface area contributed by atoms with Crippen molar-refractivity contribution in [2.75, 3.05) is 26.4 Å². The standard InChI is InChI=1S/C48H75O12P/c1-3-5-7-8-9-10-11-12-13-14-15-16-17-18-19-20-21-22-27-31-47(53)57-39-44(40-59-61(55,56)58-38-43(51)37-49)60-48(54)32-28-24-23-26-29-41-33-36-46(52)45(41)35-34-42(50)30-25-6-4-2/h9-10,12-13,15-16,18-19,21-23,26,33-36,41-45,49-51H,3-8,11,14,17,20,24-25,27-32,37-40H2,1-2H3,(H,55,56)/b10-9-,13-12-,16-15-,19-18-,22-21-,26-23-,35-34+/t41-,42-,43-,44+,45+/m0/s1. The minimum absolute atomic E-state index is 0.0120. The predicted molar refractivity (Wildman–Crippen MR) is 241 cm³/mol. The first-order chi connectivity index (χ1) is 29.5. The lowest BCUT2D eigenvalue weighted by atomic mass is 9.90. The van der Waals surface area contributed by atoms with Crippen LogP contribution in [0.4, 0.5) is 0 Å². The fraction of sp³-hybridized carbons (Fsp3) is 0.604. The number of hydrogen-bond acceptors (Lipinski definition) is 11. The molecule has 61 heavy (non-hydrogen) atoms. The average Bonchev–Trinajstić information content (AvgIpc) is 3.60. The lowest BCUT2D eigenvalue weighted by Gasteiger charge is -2.20. The summed E-state index contributed by atoms with van der Waals surface area (Å²) in [5.41, 5.74) is 0. The second-order valence-corrected chi connectivity index (χ2v) is 16.5. The molecule has 344 valence electrons. The van der Waals surface area contributed by atoms with Crippen LogP contribution in [-0.4, -0.2) is 82.7 Å². The number of allylic oxidation sites excluding steroid dienone is 15. The van der Waals surface area contributed by atoms with Crippen LogP contribution in [0.15, 0.2) is 97.2 Å². The van der Waals surface area contributed by atoms with Crippen LogP contribution in [0.1, 0.15) is 129 Å². The summed E-state index contributed by atoms with van der Waals surface area (Å²) < 4.78 is 32.6. The molecule has 0 aromatic carbocycles. The summed E-state index contributed by atoms with van der Waals surface area (Å²) >= 11 is 0. The van der Waals surface area contributed by atoms with Crippen molar-refractivity contribution in [1.29, 1.82) is 0 Å². The van der Waals surface area contributed by atoms with Gasteiger partial charge in [0.2, 0.25) is 0 Å². The molecule has 1 aliphatic carbocycles. The molecule has 0 fully saturated rings. The first kappa shape index (κ1) is 55.5. The van der Waals surface area contributed by atoms with Crippen LogP contribution < -0.4 is 0 Å². The Labute approximate surface area is 365 Å². The summed E-state index contributed by atoms with van der Waals surface area (Å²) in [4.78, 5) is 47.5. The van der Waals surface area contributed by atoms with E-state index in [9.17, 15) is 34.1 Å². The largest absolute Gasteiger partial charge is 0.472 e. The topological polar surface area (TPSA) is 186 Å². The summed E-state index contributed by atoms with van der Waals surface area (Å²) in [7, 11) is -4.70. The molecule has 13 heteroatoms. The van der Waals surface area contributed by atoms with Crippen LogP contribution in [0.3, 0.4) is 0 Å². The van der Waals surface area contributed by atoms with Crippen molar-refractivity contribution >= 4 is 25.5 Å². The number of esters is 2. The van der Waals surface area contributed by atoms with Gasteiger partial charge in [-0.25, -0.2) is 4.57 Å². The van der Waals surface area contributed by atoms with Crippen LogP contribution in [0.25, 0.3) is 0 Å². The van der Waals surface area contributed by atoms with Gasteiger partial charge in [-0.3, -0.25) is 23.4 Å². The Morgan fingerprint density at radius 3 is 1.93 bits per heavy atom. The van der Waals surface area contributed by atoms with Crippen LogP contribution >= 0.6 is 7.82 Å². The molecule has 1 rings (SSSR count). The fourth-order valence-electron chi connectivity index (χ4n) is 5.91. The maximum absolute atomic E-state index is 12.7. The van der Waals surface area contributed by atoms with Gasteiger partial charge in [0.25, 0.3) is 0 Å². The van der Waals surface area contributed by atoms with Crippen LogP contribution in [0, 0.1) is 11.8 Å². The molecule has 0 amide bonds. The van der Waals surface area contributed by atoms with E-state index in [1.807, 2.05) is 30.4 Å². The highest BCUT2D eigenvalue weighted by Gasteiger charge is 2.28. The van der Waals surface area contributed by atoms with Gasteiger partial charge in [-0.05, 0) is 82.6 Å². The number of ether oxygens (including phenoxy) is 2. The number of hydrogen-bond donors (Lipinski definition) is 4. The molecule has 4 N–H and O–H groups in total. The second-order valence-electron chi connectivity index (χ2n) is 15.0. The molecule has 0 aromatic rings. The van der Waals surface area contributed by atoms with Gasteiger partial charge in [-0.15, -0.1) is 0 Å². The summed E-state index contributed by atoms with van der Waals surface area (Å²) in [5.74, 6) is -1.50. The van der Waals surface area contributed by atoms with E-state index < -0.39 is 64.5 Å². The Balaban J connectivity index is 2.48. The van der Waals surface area contributed by atoms with Crippen molar-refractivity contribution in [1.82, 2.24) is 0 Å². The smallest absolute Gasteiger partial charge is 0.462 e. The highest BCUT2D eigenvalue weighted by molar-refractivity contribution is 7.47. The third-order valence-electron chi connectivity index (χ3n) is 9.47. The number of ketones is 1. The van der Waals surface area contributed by atoms with Crippen LogP contribution in [-0.2, 0) is 37.5 Å². The molecule has 0 saturated carbocycles. The average molecular weight is 875 g/mol. The number of unbranched alkanes of at least 4 members (excludes halogenated alkanes) is 6. The first-order valence-corrected chi connectivity index (χ1v) is 23.7. The maximum atomic E-state index is 12.7. The fourth-order valence-corrected chi connectivity index (χ4v) is 6.70. The molecule has 6 atom stereocenters. The SMILES string of the molecule is CCCCC/C=C\C/C=C\C/C=C\C/C=C\C/C=C\CCC(=O)OC[C@H](COP(=O)(O)OC[C@@H](O)CO)OC(=O)CCC/C=C\C[C@H]1C=CC(=O)[C@@H]1/C=C/[C@@H](O)CCCCC. The minimum atomic E-state index is -4.70. The van der Waals surface area contributed by atoms with Crippen LogP contribution in [0.5, 0.6) is 0 Å². The minimum Gasteiger partial charge on any atom is -0.462 e. The van der Waals surface area contributed by atoms with E-state index in [0.717, 1.165) is 51.4 Å². The third kappa shape index (κ3) is 31.9. The van der Waals surface area contributed by atoms with Gasteiger partial charge in [-0.2, -0.15) is 0 Å². The van der Waals surface area contributed by atoms with Gasteiger partial charge in [0.1, 0.15) is 12.7 Å². The molecule has 0 spiro atoms. The van der Waals surface area contributed by atoms with E-state index >= 15 is 0 Å². The molecular formula is C48H75O12P. The lowest BCUT2D eigenvalue weighted by molar-refractivity contribution is -0.161.